The Morgan fingerprint density at radius 1 is 0.972 bits per heavy atom. The maximum absolute atomic E-state index is 13.2. The van der Waals surface area contributed by atoms with E-state index in [4.69, 9.17) is 9.15 Å². The zero-order valence-electron chi connectivity index (χ0n) is 20.4. The van der Waals surface area contributed by atoms with E-state index in [2.05, 4.69) is 4.98 Å². The SMILES string of the molecule is CCN(Cc1cccc(OCCc2nc(-c3ccccc3)oc2C)c1)S(=O)(=O)Cc1ccc(F)cc1. The van der Waals surface area contributed by atoms with Gasteiger partial charge < -0.3 is 9.15 Å². The van der Waals surface area contributed by atoms with Gasteiger partial charge in [-0.15, -0.1) is 0 Å². The van der Waals surface area contributed by atoms with Gasteiger partial charge in [-0.2, -0.15) is 4.31 Å². The molecule has 0 bridgehead atoms. The van der Waals surface area contributed by atoms with Crippen molar-refractivity contribution in [2.24, 2.45) is 0 Å². The standard InChI is InChI=1S/C28H29FN2O4S/c1-3-31(36(32,33)20-22-12-14-25(29)15-13-22)19-23-8-7-11-26(18-23)34-17-16-27-21(2)35-28(30-27)24-9-5-4-6-10-24/h4-15,18H,3,16-17,19-20H2,1-2H3. The molecular formula is C28H29FN2O4S. The minimum atomic E-state index is -3.58. The summed E-state index contributed by atoms with van der Waals surface area (Å²) in [5.41, 5.74) is 3.14. The maximum atomic E-state index is 13.2. The van der Waals surface area contributed by atoms with Gasteiger partial charge in [0.25, 0.3) is 0 Å². The summed E-state index contributed by atoms with van der Waals surface area (Å²) < 4.78 is 52.2. The quantitative estimate of drug-likeness (QED) is 0.257. The van der Waals surface area contributed by atoms with Gasteiger partial charge in [0.1, 0.15) is 17.3 Å². The number of benzene rings is 3. The molecule has 8 heteroatoms. The van der Waals surface area contributed by atoms with E-state index in [-0.39, 0.29) is 12.3 Å². The third-order valence-electron chi connectivity index (χ3n) is 5.79. The van der Waals surface area contributed by atoms with Gasteiger partial charge in [-0.25, -0.2) is 17.8 Å². The minimum absolute atomic E-state index is 0.181. The molecule has 0 aliphatic heterocycles. The molecule has 4 aromatic rings. The average Bonchev–Trinajstić information content (AvgIpc) is 3.25. The van der Waals surface area contributed by atoms with E-state index in [1.165, 1.54) is 28.6 Å². The molecule has 0 aliphatic carbocycles. The third kappa shape index (κ3) is 6.59. The molecule has 0 unspecified atom stereocenters. The summed E-state index contributed by atoms with van der Waals surface area (Å²) in [6, 6.07) is 22.7. The van der Waals surface area contributed by atoms with E-state index in [0.29, 0.717) is 36.8 Å². The minimum Gasteiger partial charge on any atom is -0.493 e. The topological polar surface area (TPSA) is 72.6 Å². The van der Waals surface area contributed by atoms with Crippen molar-refractivity contribution < 1.29 is 22.0 Å². The van der Waals surface area contributed by atoms with Gasteiger partial charge in [0, 0.05) is 25.1 Å². The number of rotatable bonds is 11. The molecule has 0 radical (unpaired) electrons. The second-order valence-electron chi connectivity index (χ2n) is 8.44. The van der Waals surface area contributed by atoms with Gasteiger partial charge in [0.15, 0.2) is 0 Å². The summed E-state index contributed by atoms with van der Waals surface area (Å²) in [4.78, 5) is 4.60. The van der Waals surface area contributed by atoms with E-state index < -0.39 is 15.8 Å². The summed E-state index contributed by atoms with van der Waals surface area (Å²) in [5, 5.41) is 0. The summed E-state index contributed by atoms with van der Waals surface area (Å²) in [6.45, 7) is 4.64. The molecule has 0 fully saturated rings. The van der Waals surface area contributed by atoms with E-state index in [0.717, 1.165) is 22.6 Å². The highest BCUT2D eigenvalue weighted by molar-refractivity contribution is 7.88. The fraction of sp³-hybridized carbons (Fsp3) is 0.250. The van der Waals surface area contributed by atoms with Gasteiger partial charge in [0.2, 0.25) is 15.9 Å². The van der Waals surface area contributed by atoms with Crippen LogP contribution in [0.1, 0.15) is 29.5 Å². The largest absolute Gasteiger partial charge is 0.493 e. The van der Waals surface area contributed by atoms with Gasteiger partial charge in [0.05, 0.1) is 18.1 Å². The van der Waals surface area contributed by atoms with Crippen LogP contribution in [0.2, 0.25) is 0 Å². The maximum Gasteiger partial charge on any atom is 0.226 e. The van der Waals surface area contributed by atoms with Crippen LogP contribution in [0.3, 0.4) is 0 Å². The van der Waals surface area contributed by atoms with Crippen molar-refractivity contribution in [2.75, 3.05) is 13.2 Å². The average molecular weight is 509 g/mol. The molecule has 0 saturated heterocycles. The number of sulfonamides is 1. The number of aryl methyl sites for hydroxylation is 1. The van der Waals surface area contributed by atoms with Crippen molar-refractivity contribution in [3.63, 3.8) is 0 Å². The van der Waals surface area contributed by atoms with Crippen LogP contribution >= 0.6 is 0 Å². The van der Waals surface area contributed by atoms with E-state index in [1.54, 1.807) is 6.92 Å². The van der Waals surface area contributed by atoms with Gasteiger partial charge in [-0.1, -0.05) is 49.4 Å². The van der Waals surface area contributed by atoms with Gasteiger partial charge in [-0.3, -0.25) is 0 Å². The first-order chi connectivity index (χ1) is 17.3. The second kappa shape index (κ2) is 11.5. The van der Waals surface area contributed by atoms with Gasteiger partial charge >= 0.3 is 0 Å². The van der Waals surface area contributed by atoms with Crippen LogP contribution in [0.25, 0.3) is 11.5 Å². The monoisotopic (exact) mass is 508 g/mol. The van der Waals surface area contributed by atoms with Crippen LogP contribution in [0.5, 0.6) is 5.75 Å². The van der Waals surface area contributed by atoms with Crippen molar-refractivity contribution in [2.45, 2.75) is 32.6 Å². The lowest BCUT2D eigenvalue weighted by Crippen LogP contribution is -2.31. The van der Waals surface area contributed by atoms with Crippen LogP contribution in [-0.4, -0.2) is 30.9 Å². The Kier molecular flexibility index (Phi) is 8.18. The molecule has 4 rings (SSSR count). The molecule has 1 aromatic heterocycles. The number of halogens is 1. The molecule has 36 heavy (non-hydrogen) atoms. The first-order valence-corrected chi connectivity index (χ1v) is 13.4. The molecular weight excluding hydrogens is 479 g/mol. The number of nitrogens with zero attached hydrogens (tertiary/aromatic N) is 2. The van der Waals surface area contributed by atoms with Crippen LogP contribution in [0.4, 0.5) is 4.39 Å². The number of ether oxygens (including phenoxy) is 1. The lowest BCUT2D eigenvalue weighted by atomic mass is 10.2. The summed E-state index contributed by atoms with van der Waals surface area (Å²) in [6.07, 6.45) is 0.583. The van der Waals surface area contributed by atoms with Gasteiger partial charge in [-0.05, 0) is 54.4 Å². The molecule has 0 saturated carbocycles. The summed E-state index contributed by atoms with van der Waals surface area (Å²) in [5.74, 6) is 1.43. The van der Waals surface area contributed by atoms with Crippen LogP contribution in [-0.2, 0) is 28.7 Å². The normalized spacial score (nSPS) is 11.7. The number of hydrogen-bond acceptors (Lipinski definition) is 5. The number of hydrogen-bond donors (Lipinski definition) is 0. The predicted molar refractivity (Wildman–Crippen MR) is 137 cm³/mol. The van der Waals surface area contributed by atoms with Crippen LogP contribution < -0.4 is 4.74 Å². The van der Waals surface area contributed by atoms with Crippen LogP contribution in [0.15, 0.2) is 83.3 Å². The van der Waals surface area contributed by atoms with E-state index in [9.17, 15) is 12.8 Å². The van der Waals surface area contributed by atoms with Crippen molar-refractivity contribution in [1.82, 2.24) is 9.29 Å². The van der Waals surface area contributed by atoms with Crippen molar-refractivity contribution in [1.29, 1.82) is 0 Å². The van der Waals surface area contributed by atoms with Crippen molar-refractivity contribution in [3.05, 3.63) is 107 Å². The highest BCUT2D eigenvalue weighted by Crippen LogP contribution is 2.23. The molecule has 0 atom stereocenters. The smallest absolute Gasteiger partial charge is 0.226 e. The summed E-state index contributed by atoms with van der Waals surface area (Å²) >= 11 is 0. The Labute approximate surface area is 211 Å². The fourth-order valence-electron chi connectivity index (χ4n) is 3.86. The van der Waals surface area contributed by atoms with Crippen LogP contribution in [0, 0.1) is 12.7 Å². The Morgan fingerprint density at radius 2 is 1.72 bits per heavy atom. The van der Waals surface area contributed by atoms with Crippen molar-refractivity contribution in [3.8, 4) is 17.2 Å². The lowest BCUT2D eigenvalue weighted by Gasteiger charge is -2.21. The molecule has 0 spiro atoms. The van der Waals surface area contributed by atoms with E-state index >= 15 is 0 Å². The third-order valence-corrected chi connectivity index (χ3v) is 7.66. The molecule has 3 aromatic carbocycles. The Balaban J connectivity index is 1.36. The number of aromatic nitrogens is 1. The highest BCUT2D eigenvalue weighted by atomic mass is 32.2. The molecule has 188 valence electrons. The zero-order valence-corrected chi connectivity index (χ0v) is 21.2. The predicted octanol–water partition coefficient (Wildman–Crippen LogP) is 5.76. The summed E-state index contributed by atoms with van der Waals surface area (Å²) in [7, 11) is -3.58. The zero-order chi connectivity index (χ0) is 25.5. The molecule has 0 N–H and O–H groups in total. The Hall–Kier alpha value is -3.49. The second-order valence-corrected chi connectivity index (χ2v) is 10.4. The van der Waals surface area contributed by atoms with Crippen molar-refractivity contribution >= 4 is 10.0 Å². The molecule has 0 amide bonds. The fourth-order valence-corrected chi connectivity index (χ4v) is 5.39. The molecule has 6 nitrogen and oxygen atoms in total. The van der Waals surface area contributed by atoms with E-state index in [1.807, 2.05) is 61.5 Å². The Morgan fingerprint density at radius 3 is 2.44 bits per heavy atom. The molecule has 1 heterocycles. The number of oxazole rings is 1. The molecule has 0 aliphatic rings. The Bertz CT molecular complexity index is 1390. The lowest BCUT2D eigenvalue weighted by molar-refractivity contribution is 0.319. The first-order valence-electron chi connectivity index (χ1n) is 11.8. The first kappa shape index (κ1) is 25.6. The highest BCUT2D eigenvalue weighted by Gasteiger charge is 2.21.